The molecule has 0 saturated heterocycles. The third kappa shape index (κ3) is 4.45. The van der Waals surface area contributed by atoms with Gasteiger partial charge in [-0.2, -0.15) is 5.10 Å². The van der Waals surface area contributed by atoms with Crippen LogP contribution in [0.3, 0.4) is 0 Å². The average Bonchev–Trinajstić information content (AvgIpc) is 2.97. The predicted octanol–water partition coefficient (Wildman–Crippen LogP) is 2.99. The van der Waals surface area contributed by atoms with Gasteiger partial charge in [-0.25, -0.2) is 0 Å². The molecule has 0 bridgehead atoms. The van der Waals surface area contributed by atoms with Gasteiger partial charge < -0.3 is 0 Å². The Bertz CT molecular complexity index is 958. The molecule has 0 N–H and O–H groups in total. The summed E-state index contributed by atoms with van der Waals surface area (Å²) in [6.07, 6.45) is 2.16. The lowest BCUT2D eigenvalue weighted by molar-refractivity contribution is -0.117. The number of aromatic nitrogens is 4. The van der Waals surface area contributed by atoms with Crippen molar-refractivity contribution in [3.8, 4) is 0 Å². The van der Waals surface area contributed by atoms with Gasteiger partial charge in [-0.05, 0) is 38.5 Å². The summed E-state index contributed by atoms with van der Waals surface area (Å²) in [5.41, 5.74) is 4.58. The number of rotatable bonds is 6. The van der Waals surface area contributed by atoms with Crippen LogP contribution >= 0.6 is 0 Å². The molecule has 0 aliphatic rings. The lowest BCUT2D eigenvalue weighted by Gasteiger charge is -2.12. The van der Waals surface area contributed by atoms with Crippen LogP contribution in [0.2, 0.25) is 0 Å². The maximum absolute atomic E-state index is 11.9. The third-order valence-corrected chi connectivity index (χ3v) is 4.04. The molecule has 6 nitrogen and oxygen atoms in total. The van der Waals surface area contributed by atoms with Crippen LogP contribution < -0.4 is 0 Å². The van der Waals surface area contributed by atoms with Gasteiger partial charge in [0.2, 0.25) is 0 Å². The number of carbonyl (C=O) groups excluding carboxylic acids is 1. The Morgan fingerprint density at radius 1 is 1.19 bits per heavy atom. The van der Waals surface area contributed by atoms with Crippen LogP contribution in [0.15, 0.2) is 41.5 Å². The van der Waals surface area contributed by atoms with Crippen molar-refractivity contribution in [1.82, 2.24) is 20.0 Å². The van der Waals surface area contributed by atoms with Crippen molar-refractivity contribution in [2.24, 2.45) is 12.0 Å². The third-order valence-electron chi connectivity index (χ3n) is 4.04. The van der Waals surface area contributed by atoms with Gasteiger partial charge in [0.25, 0.3) is 0 Å². The van der Waals surface area contributed by atoms with E-state index in [1.807, 2.05) is 50.5 Å². The second-order valence-electron chi connectivity index (χ2n) is 6.52. The smallest absolute Gasteiger partial charge is 0.138 e. The molecule has 0 aliphatic heterocycles. The lowest BCUT2D eigenvalue weighted by atomic mass is 10.0. The molecule has 6 heteroatoms. The highest BCUT2D eigenvalue weighted by molar-refractivity contribution is 6.12. The average molecular weight is 359 g/mol. The molecule has 3 rings (SSSR count). The molecule has 0 saturated carbocycles. The Labute approximate surface area is 159 Å². The Kier molecular flexibility index (Phi) is 5.41. The van der Waals surface area contributed by atoms with Gasteiger partial charge >= 0.3 is 0 Å². The second kappa shape index (κ2) is 7.92. The summed E-state index contributed by atoms with van der Waals surface area (Å²) in [4.78, 5) is 16.8. The number of ketones is 1. The first-order chi connectivity index (χ1) is 12.9. The van der Waals surface area contributed by atoms with Crippen LogP contribution in [0.1, 0.15) is 47.6 Å². The molecule has 0 fully saturated rings. The minimum absolute atomic E-state index is 0.0182. The van der Waals surface area contributed by atoms with Crippen molar-refractivity contribution in [1.29, 1.82) is 0 Å². The van der Waals surface area contributed by atoms with Gasteiger partial charge in [0, 0.05) is 25.2 Å². The number of hydrogen-bond acceptors (Lipinski definition) is 5. The molecule has 0 unspecified atom stereocenters. The minimum Gasteiger partial charge on any atom is -0.300 e. The van der Waals surface area contributed by atoms with E-state index in [0.717, 1.165) is 22.5 Å². The first-order valence-electron chi connectivity index (χ1n) is 8.71. The molecular weight excluding hydrogens is 338 g/mol. The first kappa shape index (κ1) is 18.5. The lowest BCUT2D eigenvalue weighted by Crippen LogP contribution is -2.12. The molecule has 2 heterocycles. The van der Waals surface area contributed by atoms with Crippen LogP contribution in [-0.4, -0.2) is 31.5 Å². The van der Waals surface area contributed by atoms with E-state index in [9.17, 15) is 4.79 Å². The monoisotopic (exact) mass is 359 g/mol. The SMILES string of the molecule is CC(=O)C[C@H](N=C(c1ccccc1)c1nn(C)cc1C)c1c#cc(C)nn1. The summed E-state index contributed by atoms with van der Waals surface area (Å²) in [5, 5.41) is 12.8. The van der Waals surface area contributed by atoms with Crippen LogP contribution in [-0.2, 0) is 11.8 Å². The van der Waals surface area contributed by atoms with Crippen molar-refractivity contribution < 1.29 is 4.79 Å². The van der Waals surface area contributed by atoms with E-state index in [0.29, 0.717) is 11.4 Å². The fourth-order valence-corrected chi connectivity index (χ4v) is 2.82. The molecule has 0 radical (unpaired) electrons. The van der Waals surface area contributed by atoms with Crippen molar-refractivity contribution in [3.05, 3.63) is 76.9 Å². The molecule has 0 spiro atoms. The van der Waals surface area contributed by atoms with Gasteiger partial charge in [0.1, 0.15) is 28.9 Å². The maximum Gasteiger partial charge on any atom is 0.138 e. The van der Waals surface area contributed by atoms with Crippen molar-refractivity contribution >= 4 is 11.5 Å². The molecule has 0 amide bonds. The second-order valence-corrected chi connectivity index (χ2v) is 6.52. The normalized spacial score (nSPS) is 12.5. The van der Waals surface area contributed by atoms with Crippen molar-refractivity contribution in [2.75, 3.05) is 0 Å². The van der Waals surface area contributed by atoms with E-state index in [4.69, 9.17) is 4.99 Å². The van der Waals surface area contributed by atoms with Gasteiger partial charge in [-0.1, -0.05) is 30.3 Å². The van der Waals surface area contributed by atoms with E-state index in [1.54, 1.807) is 18.5 Å². The van der Waals surface area contributed by atoms with Crippen LogP contribution in [0.25, 0.3) is 0 Å². The number of aliphatic imine (C=N–C) groups is 1. The topological polar surface area (TPSA) is 73.0 Å². The fourth-order valence-electron chi connectivity index (χ4n) is 2.82. The number of Topliss-reactive ketones (excluding diaryl/α,β-unsaturated/α-hetero) is 1. The maximum atomic E-state index is 11.9. The summed E-state index contributed by atoms with van der Waals surface area (Å²) in [5.74, 6) is 0.0182. The van der Waals surface area contributed by atoms with Crippen LogP contribution in [0, 0.1) is 26.0 Å². The molecule has 2 aromatic heterocycles. The van der Waals surface area contributed by atoms with Crippen molar-refractivity contribution in [3.63, 3.8) is 0 Å². The standard InChI is InChI=1S/C21H21N5O/c1-14-13-26(4)25-20(14)21(17-8-6-5-7-9-17)22-19(12-16(3)27)18-11-10-15(2)23-24-18/h5-9,13,19H,12H2,1-4H3/t19-/m0/s1. The highest BCUT2D eigenvalue weighted by atomic mass is 16.1. The zero-order valence-corrected chi connectivity index (χ0v) is 15.9. The molecule has 0 aliphatic carbocycles. The summed E-state index contributed by atoms with van der Waals surface area (Å²) in [6, 6.07) is 15.2. The highest BCUT2D eigenvalue weighted by Crippen LogP contribution is 2.22. The Balaban J connectivity index is 2.15. The van der Waals surface area contributed by atoms with E-state index in [-0.39, 0.29) is 12.2 Å². The summed E-state index contributed by atoms with van der Waals surface area (Å²) >= 11 is 0. The van der Waals surface area contributed by atoms with Crippen molar-refractivity contribution in [2.45, 2.75) is 33.2 Å². The molecule has 27 heavy (non-hydrogen) atoms. The number of hydrogen-bond donors (Lipinski definition) is 0. The number of carbonyl (C=O) groups is 1. The van der Waals surface area contributed by atoms with Gasteiger partial charge in [0.05, 0.1) is 5.71 Å². The van der Waals surface area contributed by atoms with E-state index in [2.05, 4.69) is 27.4 Å². The molecule has 3 aromatic rings. The largest absolute Gasteiger partial charge is 0.300 e. The summed E-state index contributed by atoms with van der Waals surface area (Å²) in [6.45, 7) is 5.33. The van der Waals surface area contributed by atoms with Gasteiger partial charge in [-0.3, -0.25) is 14.5 Å². The quantitative estimate of drug-likeness (QED) is 0.634. The fraction of sp³-hybridized carbons (Fsp3) is 0.286. The van der Waals surface area contributed by atoms with Crippen LogP contribution in [0.4, 0.5) is 0 Å². The number of aryl methyl sites for hydroxylation is 3. The zero-order chi connectivity index (χ0) is 19.4. The molecule has 136 valence electrons. The summed E-state index contributed by atoms with van der Waals surface area (Å²) < 4.78 is 1.76. The Hall–Kier alpha value is -3.33. The van der Waals surface area contributed by atoms with Gasteiger partial charge in [-0.15, -0.1) is 10.2 Å². The zero-order valence-electron chi connectivity index (χ0n) is 15.9. The van der Waals surface area contributed by atoms with E-state index in [1.165, 1.54) is 0 Å². The first-order valence-corrected chi connectivity index (χ1v) is 8.71. The predicted molar refractivity (Wildman–Crippen MR) is 103 cm³/mol. The molecular formula is C21H21N5O. The molecule has 1 aromatic carbocycles. The van der Waals surface area contributed by atoms with E-state index >= 15 is 0 Å². The number of nitrogens with zero attached hydrogens (tertiary/aromatic N) is 5. The molecule has 1 atom stereocenters. The van der Waals surface area contributed by atoms with Crippen LogP contribution in [0.5, 0.6) is 0 Å². The Morgan fingerprint density at radius 3 is 2.48 bits per heavy atom. The van der Waals surface area contributed by atoms with E-state index < -0.39 is 6.04 Å². The summed E-state index contributed by atoms with van der Waals surface area (Å²) in [7, 11) is 1.88. The number of benzene rings is 1. The van der Waals surface area contributed by atoms with Gasteiger partial charge in [0.15, 0.2) is 0 Å². The Morgan fingerprint density at radius 2 is 1.93 bits per heavy atom. The minimum atomic E-state index is -0.497. The highest BCUT2D eigenvalue weighted by Gasteiger charge is 2.20.